The van der Waals surface area contributed by atoms with Gasteiger partial charge in [-0.15, -0.1) is 5.10 Å². The molecular formula is C10H12FN5S. The predicted octanol–water partition coefficient (Wildman–Crippen LogP) is 1.55. The average molecular weight is 253 g/mol. The molecule has 0 aliphatic heterocycles. The van der Waals surface area contributed by atoms with Gasteiger partial charge in [0.15, 0.2) is 0 Å². The van der Waals surface area contributed by atoms with Crippen LogP contribution in [0.4, 0.5) is 10.1 Å². The molecule has 1 N–H and O–H groups in total. The fraction of sp³-hybridized carbons (Fsp3) is 0.300. The van der Waals surface area contributed by atoms with Gasteiger partial charge in [0.25, 0.3) is 0 Å². The van der Waals surface area contributed by atoms with E-state index in [-0.39, 0.29) is 5.82 Å². The molecule has 0 aliphatic rings. The Labute approximate surface area is 102 Å². The molecule has 0 saturated carbocycles. The molecule has 0 radical (unpaired) electrons. The van der Waals surface area contributed by atoms with Crippen molar-refractivity contribution in [2.45, 2.75) is 5.16 Å². The number of hydrogen-bond donors (Lipinski definition) is 1. The van der Waals surface area contributed by atoms with Crippen molar-refractivity contribution >= 4 is 17.4 Å². The van der Waals surface area contributed by atoms with Crippen molar-refractivity contribution in [2.75, 3.05) is 17.6 Å². The molecule has 2 aromatic rings. The summed E-state index contributed by atoms with van der Waals surface area (Å²) >= 11 is 1.57. The zero-order valence-electron chi connectivity index (χ0n) is 9.30. The van der Waals surface area contributed by atoms with Crippen LogP contribution in [0.3, 0.4) is 0 Å². The van der Waals surface area contributed by atoms with Crippen molar-refractivity contribution < 1.29 is 4.39 Å². The zero-order valence-corrected chi connectivity index (χ0v) is 10.1. The Hall–Kier alpha value is -1.63. The molecular weight excluding hydrogens is 241 g/mol. The Morgan fingerprint density at radius 3 is 2.76 bits per heavy atom. The number of benzene rings is 1. The molecule has 0 atom stereocenters. The van der Waals surface area contributed by atoms with E-state index in [0.717, 1.165) is 23.1 Å². The molecule has 0 aliphatic carbocycles. The van der Waals surface area contributed by atoms with Gasteiger partial charge in [-0.05, 0) is 34.7 Å². The monoisotopic (exact) mass is 253 g/mol. The number of nitrogens with one attached hydrogen (secondary N) is 1. The predicted molar refractivity (Wildman–Crippen MR) is 64.4 cm³/mol. The van der Waals surface area contributed by atoms with Crippen LogP contribution in [0.25, 0.3) is 0 Å². The van der Waals surface area contributed by atoms with Crippen LogP contribution in [-0.2, 0) is 7.05 Å². The third-order valence-electron chi connectivity index (χ3n) is 2.09. The van der Waals surface area contributed by atoms with E-state index in [1.807, 2.05) is 0 Å². The minimum absolute atomic E-state index is 0.227. The van der Waals surface area contributed by atoms with Crippen LogP contribution in [0.5, 0.6) is 0 Å². The first-order valence-corrected chi connectivity index (χ1v) is 6.09. The van der Waals surface area contributed by atoms with Gasteiger partial charge in [0.1, 0.15) is 5.82 Å². The van der Waals surface area contributed by atoms with Crippen LogP contribution >= 0.6 is 11.8 Å². The molecule has 7 heteroatoms. The lowest BCUT2D eigenvalue weighted by Gasteiger charge is -2.05. The van der Waals surface area contributed by atoms with Crippen LogP contribution in [-0.4, -0.2) is 32.5 Å². The number of aryl methyl sites for hydroxylation is 1. The third kappa shape index (κ3) is 3.42. The number of halogens is 1. The van der Waals surface area contributed by atoms with Crippen LogP contribution < -0.4 is 5.32 Å². The molecule has 0 unspecified atom stereocenters. The van der Waals surface area contributed by atoms with E-state index in [4.69, 9.17) is 0 Å². The molecule has 1 heterocycles. The van der Waals surface area contributed by atoms with Crippen LogP contribution in [0.15, 0.2) is 29.4 Å². The van der Waals surface area contributed by atoms with Crippen molar-refractivity contribution in [3.8, 4) is 0 Å². The number of nitrogens with zero attached hydrogens (tertiary/aromatic N) is 4. The van der Waals surface area contributed by atoms with Gasteiger partial charge in [-0.3, -0.25) is 0 Å². The Morgan fingerprint density at radius 2 is 2.12 bits per heavy atom. The zero-order chi connectivity index (χ0) is 12.1. The molecule has 1 aromatic carbocycles. The lowest BCUT2D eigenvalue weighted by molar-refractivity contribution is 0.628. The molecule has 1 aromatic heterocycles. The second kappa shape index (κ2) is 5.62. The second-order valence-corrected chi connectivity index (χ2v) is 4.43. The lowest BCUT2D eigenvalue weighted by atomic mass is 10.3. The van der Waals surface area contributed by atoms with E-state index >= 15 is 0 Å². The summed E-state index contributed by atoms with van der Waals surface area (Å²) < 4.78 is 14.3. The summed E-state index contributed by atoms with van der Waals surface area (Å²) in [5.41, 5.74) is 0.906. The van der Waals surface area contributed by atoms with E-state index < -0.39 is 0 Å². The maximum Gasteiger partial charge on any atom is 0.209 e. The van der Waals surface area contributed by atoms with Gasteiger partial charge in [-0.25, -0.2) is 9.07 Å². The van der Waals surface area contributed by atoms with Gasteiger partial charge >= 0.3 is 0 Å². The molecule has 90 valence electrons. The Bertz CT molecular complexity index is 470. The van der Waals surface area contributed by atoms with E-state index in [9.17, 15) is 4.39 Å². The van der Waals surface area contributed by atoms with Crippen molar-refractivity contribution in [1.82, 2.24) is 20.2 Å². The summed E-state index contributed by atoms with van der Waals surface area (Å²) in [6.45, 7) is 0.767. The minimum Gasteiger partial charge on any atom is -0.384 e. The Balaban J connectivity index is 1.73. The molecule has 0 fully saturated rings. The van der Waals surface area contributed by atoms with Gasteiger partial charge in [-0.1, -0.05) is 11.8 Å². The Kier molecular flexibility index (Phi) is 3.92. The molecule has 17 heavy (non-hydrogen) atoms. The van der Waals surface area contributed by atoms with E-state index in [0.29, 0.717) is 0 Å². The molecule has 2 rings (SSSR count). The first kappa shape index (κ1) is 11.8. The highest BCUT2D eigenvalue weighted by atomic mass is 32.2. The van der Waals surface area contributed by atoms with E-state index in [1.54, 1.807) is 35.6 Å². The number of thioether (sulfide) groups is 1. The lowest BCUT2D eigenvalue weighted by Crippen LogP contribution is -2.05. The number of hydrogen-bond acceptors (Lipinski definition) is 5. The first-order chi connectivity index (χ1) is 8.25. The molecule has 0 bridgehead atoms. The molecule has 0 spiro atoms. The number of aromatic nitrogens is 4. The van der Waals surface area contributed by atoms with Gasteiger partial charge in [0, 0.05) is 25.0 Å². The fourth-order valence-electron chi connectivity index (χ4n) is 1.25. The molecule has 5 nitrogen and oxygen atoms in total. The average Bonchev–Trinajstić information content (AvgIpc) is 2.73. The smallest absolute Gasteiger partial charge is 0.209 e. The summed E-state index contributed by atoms with van der Waals surface area (Å²) in [7, 11) is 1.80. The maximum atomic E-state index is 12.6. The van der Waals surface area contributed by atoms with Crippen molar-refractivity contribution in [3.05, 3.63) is 30.1 Å². The van der Waals surface area contributed by atoms with Crippen LogP contribution in [0.2, 0.25) is 0 Å². The maximum absolute atomic E-state index is 12.6. The van der Waals surface area contributed by atoms with E-state index in [1.165, 1.54) is 12.1 Å². The fourth-order valence-corrected chi connectivity index (χ4v) is 1.95. The molecule has 0 amide bonds. The quantitative estimate of drug-likeness (QED) is 0.647. The highest BCUT2D eigenvalue weighted by Gasteiger charge is 2.01. The summed E-state index contributed by atoms with van der Waals surface area (Å²) in [4.78, 5) is 0. The van der Waals surface area contributed by atoms with E-state index in [2.05, 4.69) is 20.8 Å². The largest absolute Gasteiger partial charge is 0.384 e. The number of tetrazole rings is 1. The third-order valence-corrected chi connectivity index (χ3v) is 3.10. The van der Waals surface area contributed by atoms with Crippen LogP contribution in [0.1, 0.15) is 0 Å². The van der Waals surface area contributed by atoms with Gasteiger partial charge < -0.3 is 5.32 Å². The van der Waals surface area contributed by atoms with Crippen molar-refractivity contribution in [1.29, 1.82) is 0 Å². The second-order valence-electron chi connectivity index (χ2n) is 3.37. The highest BCUT2D eigenvalue weighted by molar-refractivity contribution is 7.99. The van der Waals surface area contributed by atoms with Gasteiger partial charge in [0.05, 0.1) is 0 Å². The summed E-state index contributed by atoms with van der Waals surface area (Å²) in [5, 5.41) is 15.1. The van der Waals surface area contributed by atoms with Crippen molar-refractivity contribution in [3.63, 3.8) is 0 Å². The summed E-state index contributed by atoms with van der Waals surface area (Å²) in [5.74, 6) is 0.612. The standard InChI is InChI=1S/C10H12FN5S/c1-16-10(13-14-15-16)17-7-6-12-9-4-2-8(11)3-5-9/h2-5,12H,6-7H2,1H3. The van der Waals surface area contributed by atoms with Crippen molar-refractivity contribution in [2.24, 2.45) is 7.05 Å². The molecule has 0 saturated heterocycles. The highest BCUT2D eigenvalue weighted by Crippen LogP contribution is 2.13. The minimum atomic E-state index is -0.227. The van der Waals surface area contributed by atoms with Crippen LogP contribution in [0, 0.1) is 5.82 Å². The normalized spacial score (nSPS) is 10.5. The first-order valence-electron chi connectivity index (χ1n) is 5.10. The topological polar surface area (TPSA) is 55.6 Å². The number of rotatable bonds is 5. The number of anilines is 1. The SMILES string of the molecule is Cn1nnnc1SCCNc1ccc(F)cc1. The Morgan fingerprint density at radius 1 is 1.35 bits per heavy atom. The van der Waals surface area contributed by atoms with Gasteiger partial charge in [-0.2, -0.15) is 0 Å². The summed E-state index contributed by atoms with van der Waals surface area (Å²) in [6.07, 6.45) is 0. The summed E-state index contributed by atoms with van der Waals surface area (Å²) in [6, 6.07) is 6.29. The van der Waals surface area contributed by atoms with Gasteiger partial charge in [0.2, 0.25) is 5.16 Å².